The summed E-state index contributed by atoms with van der Waals surface area (Å²) in [6.07, 6.45) is 3.30. The van der Waals surface area contributed by atoms with Crippen LogP contribution >= 0.6 is 0 Å². The minimum Gasteiger partial charge on any atom is -0.488 e. The fourth-order valence-electron chi connectivity index (χ4n) is 3.49. The molecule has 1 aliphatic heterocycles. The number of carbonyl (C=O) groups excluding carboxylic acids is 1. The maximum Gasteiger partial charge on any atom is 0.310 e. The first kappa shape index (κ1) is 20.2. The molecule has 3 rings (SSSR count). The molecule has 0 fully saturated rings. The number of esters is 1. The highest BCUT2D eigenvalue weighted by atomic mass is 16.5. The van der Waals surface area contributed by atoms with Crippen molar-refractivity contribution in [2.24, 2.45) is 0 Å². The second kappa shape index (κ2) is 9.07. The third-order valence-corrected chi connectivity index (χ3v) is 4.70. The molecule has 2 aromatic rings. The molecule has 148 valence electrons. The van der Waals surface area contributed by atoms with Gasteiger partial charge in [0.15, 0.2) is 0 Å². The Balaban J connectivity index is 2.07. The van der Waals surface area contributed by atoms with Crippen molar-refractivity contribution in [3.05, 3.63) is 70.8 Å². The summed E-state index contributed by atoms with van der Waals surface area (Å²) in [5.74, 6) is 0.607. The van der Waals surface area contributed by atoms with Crippen LogP contribution in [0, 0.1) is 0 Å². The van der Waals surface area contributed by atoms with E-state index >= 15 is 0 Å². The van der Waals surface area contributed by atoms with Gasteiger partial charge in [0.05, 0.1) is 12.5 Å². The second-order valence-electron chi connectivity index (χ2n) is 7.66. The predicted molar refractivity (Wildman–Crippen MR) is 112 cm³/mol. The van der Waals surface area contributed by atoms with Crippen molar-refractivity contribution in [3.63, 3.8) is 0 Å². The molecule has 0 N–H and O–H groups in total. The van der Waals surface area contributed by atoms with E-state index in [2.05, 4.69) is 43.3 Å². The van der Waals surface area contributed by atoms with Gasteiger partial charge in [0, 0.05) is 12.1 Å². The first-order valence-electron chi connectivity index (χ1n) is 9.83. The minimum absolute atomic E-state index is 0.123. The summed E-state index contributed by atoms with van der Waals surface area (Å²) in [7, 11) is 4.15. The molecule has 0 aromatic heterocycles. The van der Waals surface area contributed by atoms with Gasteiger partial charge in [-0.25, -0.2) is 0 Å². The zero-order valence-electron chi connectivity index (χ0n) is 17.2. The molecule has 0 saturated heterocycles. The molecule has 1 aliphatic rings. The Morgan fingerprint density at radius 2 is 1.96 bits per heavy atom. The molecule has 0 unspecified atom stereocenters. The van der Waals surface area contributed by atoms with E-state index in [0.717, 1.165) is 41.0 Å². The van der Waals surface area contributed by atoms with E-state index in [1.807, 2.05) is 38.1 Å². The Morgan fingerprint density at radius 1 is 1.18 bits per heavy atom. The number of hydrogen-bond donors (Lipinski definition) is 0. The van der Waals surface area contributed by atoms with Crippen LogP contribution < -0.4 is 4.74 Å². The molecule has 0 amide bonds. The summed E-state index contributed by atoms with van der Waals surface area (Å²) in [5.41, 5.74) is 5.41. The SMILES string of the molecule is CC(C)OC(=O)Cc1cccc2c1/C(=C\CCN(C)C)c1ccccc1CO2. The standard InChI is InChI=1S/C24H29NO3/c1-17(2)28-23(26)15-18-10-7-13-22-24(18)21(12-8-14-25(3)4)20-11-6-5-9-19(20)16-27-22/h5-7,9-13,17H,8,14-16H2,1-4H3/b21-12-. The fraction of sp³-hybridized carbons (Fsp3) is 0.375. The molecule has 0 spiro atoms. The van der Waals surface area contributed by atoms with Gasteiger partial charge >= 0.3 is 5.97 Å². The van der Waals surface area contributed by atoms with Crippen LogP contribution in [0.3, 0.4) is 0 Å². The summed E-state index contributed by atoms with van der Waals surface area (Å²) in [6.45, 7) is 5.22. The zero-order chi connectivity index (χ0) is 20.1. The second-order valence-corrected chi connectivity index (χ2v) is 7.66. The van der Waals surface area contributed by atoms with Gasteiger partial charge in [0.1, 0.15) is 12.4 Å². The third-order valence-electron chi connectivity index (χ3n) is 4.70. The van der Waals surface area contributed by atoms with Gasteiger partial charge < -0.3 is 14.4 Å². The summed E-state index contributed by atoms with van der Waals surface area (Å²) >= 11 is 0. The van der Waals surface area contributed by atoms with Crippen molar-refractivity contribution >= 4 is 11.5 Å². The highest BCUT2D eigenvalue weighted by Crippen LogP contribution is 2.39. The van der Waals surface area contributed by atoms with Crippen LogP contribution in [0.1, 0.15) is 42.5 Å². The molecule has 4 heteroatoms. The number of benzene rings is 2. The van der Waals surface area contributed by atoms with Gasteiger partial charge in [0.2, 0.25) is 0 Å². The molecule has 0 aliphatic carbocycles. The predicted octanol–water partition coefficient (Wildman–Crippen LogP) is 4.46. The molecule has 4 nitrogen and oxygen atoms in total. The number of ether oxygens (including phenoxy) is 2. The lowest BCUT2D eigenvalue weighted by atomic mass is 9.89. The van der Waals surface area contributed by atoms with E-state index in [0.29, 0.717) is 6.61 Å². The van der Waals surface area contributed by atoms with Crippen LogP contribution in [0.15, 0.2) is 48.5 Å². The van der Waals surface area contributed by atoms with E-state index in [-0.39, 0.29) is 18.5 Å². The molecule has 0 saturated carbocycles. The summed E-state index contributed by atoms with van der Waals surface area (Å²) < 4.78 is 11.5. The lowest BCUT2D eigenvalue weighted by molar-refractivity contribution is -0.146. The molecule has 0 atom stereocenters. The third kappa shape index (κ3) is 4.82. The Labute approximate surface area is 167 Å². The first-order chi connectivity index (χ1) is 13.5. The van der Waals surface area contributed by atoms with E-state index in [1.165, 1.54) is 5.56 Å². The molecule has 0 bridgehead atoms. The Kier molecular flexibility index (Phi) is 6.53. The average Bonchev–Trinajstić information content (AvgIpc) is 2.79. The molecular weight excluding hydrogens is 350 g/mol. The topological polar surface area (TPSA) is 38.8 Å². The largest absolute Gasteiger partial charge is 0.488 e. The molecule has 2 aromatic carbocycles. The van der Waals surface area contributed by atoms with Gasteiger partial charge in [-0.05, 0) is 62.7 Å². The Morgan fingerprint density at radius 3 is 2.71 bits per heavy atom. The van der Waals surface area contributed by atoms with Crippen LogP contribution in [0.2, 0.25) is 0 Å². The summed E-state index contributed by atoms with van der Waals surface area (Å²) in [6, 6.07) is 14.3. The highest BCUT2D eigenvalue weighted by molar-refractivity contribution is 5.88. The monoisotopic (exact) mass is 379 g/mol. The Bertz CT molecular complexity index is 868. The number of hydrogen-bond acceptors (Lipinski definition) is 4. The lowest BCUT2D eigenvalue weighted by Gasteiger charge is -2.16. The minimum atomic E-state index is -0.214. The van der Waals surface area contributed by atoms with Gasteiger partial charge in [-0.2, -0.15) is 0 Å². The number of nitrogens with zero attached hydrogens (tertiary/aromatic N) is 1. The van der Waals surface area contributed by atoms with E-state index < -0.39 is 0 Å². The number of rotatable bonds is 6. The van der Waals surface area contributed by atoms with Crippen molar-refractivity contribution in [3.8, 4) is 5.75 Å². The van der Waals surface area contributed by atoms with Crippen molar-refractivity contribution in [1.29, 1.82) is 0 Å². The average molecular weight is 380 g/mol. The quantitative estimate of drug-likeness (QED) is 0.695. The highest BCUT2D eigenvalue weighted by Gasteiger charge is 2.23. The van der Waals surface area contributed by atoms with Crippen molar-refractivity contribution in [2.45, 2.75) is 39.4 Å². The van der Waals surface area contributed by atoms with Gasteiger partial charge in [-0.15, -0.1) is 0 Å². The maximum absolute atomic E-state index is 12.4. The maximum atomic E-state index is 12.4. The van der Waals surface area contributed by atoms with E-state index in [4.69, 9.17) is 9.47 Å². The van der Waals surface area contributed by atoms with Crippen LogP contribution in [0.4, 0.5) is 0 Å². The van der Waals surface area contributed by atoms with Gasteiger partial charge in [-0.1, -0.05) is 42.5 Å². The first-order valence-corrected chi connectivity index (χ1v) is 9.83. The summed E-state index contributed by atoms with van der Waals surface area (Å²) in [5, 5.41) is 0. The van der Waals surface area contributed by atoms with Crippen molar-refractivity contribution < 1.29 is 14.3 Å². The van der Waals surface area contributed by atoms with Gasteiger partial charge in [0.25, 0.3) is 0 Å². The number of carbonyl (C=O) groups is 1. The van der Waals surface area contributed by atoms with Crippen molar-refractivity contribution in [2.75, 3.05) is 20.6 Å². The smallest absolute Gasteiger partial charge is 0.310 e. The van der Waals surface area contributed by atoms with Crippen LogP contribution in [-0.4, -0.2) is 37.6 Å². The van der Waals surface area contributed by atoms with E-state index in [1.54, 1.807) is 0 Å². The zero-order valence-corrected chi connectivity index (χ0v) is 17.2. The fourth-order valence-corrected chi connectivity index (χ4v) is 3.49. The van der Waals surface area contributed by atoms with Crippen LogP contribution in [0.25, 0.3) is 5.57 Å². The molecular formula is C24H29NO3. The van der Waals surface area contributed by atoms with Crippen molar-refractivity contribution in [1.82, 2.24) is 4.90 Å². The number of fused-ring (bicyclic) bond motifs is 2. The van der Waals surface area contributed by atoms with E-state index in [9.17, 15) is 4.79 Å². The molecule has 28 heavy (non-hydrogen) atoms. The molecule has 0 radical (unpaired) electrons. The lowest BCUT2D eigenvalue weighted by Crippen LogP contribution is -2.15. The van der Waals surface area contributed by atoms with Crippen LogP contribution in [-0.2, 0) is 22.6 Å². The van der Waals surface area contributed by atoms with Gasteiger partial charge in [-0.3, -0.25) is 4.79 Å². The normalized spacial score (nSPS) is 14.4. The summed E-state index contributed by atoms with van der Waals surface area (Å²) in [4.78, 5) is 14.5. The van der Waals surface area contributed by atoms with Crippen LogP contribution in [0.5, 0.6) is 5.75 Å². The molecule has 1 heterocycles. The Hall–Kier alpha value is -2.59.